The van der Waals surface area contributed by atoms with E-state index < -0.39 is 0 Å². The Labute approximate surface area is 89.5 Å². The van der Waals surface area contributed by atoms with Gasteiger partial charge in [-0.05, 0) is 27.6 Å². The molecule has 14 heavy (non-hydrogen) atoms. The molecule has 1 heterocycles. The second kappa shape index (κ2) is 3.92. The van der Waals surface area contributed by atoms with Crippen LogP contribution >= 0.6 is 15.9 Å². The lowest BCUT2D eigenvalue weighted by atomic mass is 10.2. The highest BCUT2D eigenvalue weighted by atomic mass is 79.9. The summed E-state index contributed by atoms with van der Waals surface area (Å²) in [6, 6.07) is 5.01. The second-order valence-electron chi connectivity index (χ2n) is 2.95. The molecule has 0 unspecified atom stereocenters. The van der Waals surface area contributed by atoms with Gasteiger partial charge in [0.25, 0.3) is 0 Å². The molecule has 1 aromatic heterocycles. The molecular weight excluding hydrogens is 247 g/mol. The van der Waals surface area contributed by atoms with Crippen molar-refractivity contribution in [3.05, 3.63) is 52.8 Å². The molecule has 0 aliphatic rings. The maximum Gasteiger partial charge on any atom is 0.137 e. The Kier molecular flexibility index (Phi) is 2.63. The first-order valence-electron chi connectivity index (χ1n) is 4.16. The second-order valence-corrected chi connectivity index (χ2v) is 3.74. The molecule has 0 aliphatic heterocycles. The third-order valence-electron chi connectivity index (χ3n) is 1.94. The van der Waals surface area contributed by atoms with Crippen LogP contribution in [0.25, 0.3) is 0 Å². The van der Waals surface area contributed by atoms with Crippen LogP contribution in [0.15, 0.2) is 41.4 Å². The summed E-state index contributed by atoms with van der Waals surface area (Å²) in [5.41, 5.74) is 0.906. The number of hydrogen-bond donors (Lipinski definition) is 0. The molecule has 0 saturated carbocycles. The molecule has 72 valence electrons. The predicted octanol–water partition coefficient (Wildman–Crippen LogP) is 2.83. The van der Waals surface area contributed by atoms with Crippen LogP contribution in [-0.4, -0.2) is 9.55 Å². The Hall–Kier alpha value is -1.16. The molecular formula is C10H8BrFN2. The number of nitrogens with zero attached hydrogens (tertiary/aromatic N) is 2. The van der Waals surface area contributed by atoms with Crippen molar-refractivity contribution in [2.75, 3.05) is 0 Å². The molecule has 2 rings (SSSR count). The summed E-state index contributed by atoms with van der Waals surface area (Å²) < 4.78 is 15.5. The van der Waals surface area contributed by atoms with Crippen LogP contribution in [-0.2, 0) is 6.54 Å². The average Bonchev–Trinajstić information content (AvgIpc) is 2.66. The topological polar surface area (TPSA) is 17.8 Å². The van der Waals surface area contributed by atoms with Gasteiger partial charge < -0.3 is 4.57 Å². The van der Waals surface area contributed by atoms with E-state index in [-0.39, 0.29) is 5.82 Å². The summed E-state index contributed by atoms with van der Waals surface area (Å²) >= 11 is 3.22. The Bertz CT molecular complexity index is 426. The zero-order valence-electron chi connectivity index (χ0n) is 7.32. The van der Waals surface area contributed by atoms with Gasteiger partial charge in [0.05, 0.1) is 10.8 Å². The minimum absolute atomic E-state index is 0.234. The van der Waals surface area contributed by atoms with Crippen LogP contribution in [0.3, 0.4) is 0 Å². The minimum Gasteiger partial charge on any atom is -0.333 e. The maximum absolute atomic E-state index is 13.1. The standard InChI is InChI=1S/C10H8BrFN2/c11-10-8(2-1-3-9(10)12)6-14-5-4-13-7-14/h1-5,7H,6H2. The highest BCUT2D eigenvalue weighted by molar-refractivity contribution is 9.10. The average molecular weight is 255 g/mol. The SMILES string of the molecule is Fc1cccc(Cn2ccnc2)c1Br. The number of halogens is 2. The van der Waals surface area contributed by atoms with E-state index in [2.05, 4.69) is 20.9 Å². The quantitative estimate of drug-likeness (QED) is 0.806. The molecule has 0 radical (unpaired) electrons. The van der Waals surface area contributed by atoms with Crippen molar-refractivity contribution in [3.8, 4) is 0 Å². The molecule has 2 nitrogen and oxygen atoms in total. The summed E-state index contributed by atoms with van der Waals surface area (Å²) in [6.07, 6.45) is 5.25. The van der Waals surface area contributed by atoms with Crippen molar-refractivity contribution in [1.82, 2.24) is 9.55 Å². The normalized spacial score (nSPS) is 10.4. The molecule has 1 aromatic carbocycles. The first-order valence-corrected chi connectivity index (χ1v) is 4.95. The molecule has 2 aromatic rings. The van der Waals surface area contributed by atoms with Crippen molar-refractivity contribution in [2.24, 2.45) is 0 Å². The third kappa shape index (κ3) is 1.85. The van der Waals surface area contributed by atoms with E-state index in [4.69, 9.17) is 0 Å². The van der Waals surface area contributed by atoms with Crippen molar-refractivity contribution in [3.63, 3.8) is 0 Å². The van der Waals surface area contributed by atoms with Gasteiger partial charge in [-0.2, -0.15) is 0 Å². The zero-order valence-corrected chi connectivity index (χ0v) is 8.91. The van der Waals surface area contributed by atoms with Gasteiger partial charge >= 0.3 is 0 Å². The van der Waals surface area contributed by atoms with Crippen LogP contribution in [0.5, 0.6) is 0 Å². The number of aromatic nitrogens is 2. The predicted molar refractivity (Wildman–Crippen MR) is 55.4 cm³/mol. The number of imidazole rings is 1. The van der Waals surface area contributed by atoms with Crippen LogP contribution in [0.4, 0.5) is 4.39 Å². The van der Waals surface area contributed by atoms with Gasteiger partial charge in [0.2, 0.25) is 0 Å². The smallest absolute Gasteiger partial charge is 0.137 e. The molecule has 0 fully saturated rings. The molecule has 0 aliphatic carbocycles. The summed E-state index contributed by atoms with van der Waals surface area (Å²) in [7, 11) is 0. The van der Waals surface area contributed by atoms with Crippen molar-refractivity contribution >= 4 is 15.9 Å². The minimum atomic E-state index is -0.234. The number of hydrogen-bond acceptors (Lipinski definition) is 1. The van der Waals surface area contributed by atoms with Gasteiger partial charge in [0.1, 0.15) is 5.82 Å². The van der Waals surface area contributed by atoms with E-state index in [1.54, 1.807) is 18.6 Å². The van der Waals surface area contributed by atoms with Gasteiger partial charge in [0.15, 0.2) is 0 Å². The number of benzene rings is 1. The molecule has 4 heteroatoms. The van der Waals surface area contributed by atoms with Crippen LogP contribution < -0.4 is 0 Å². The van der Waals surface area contributed by atoms with Gasteiger partial charge in [-0.1, -0.05) is 12.1 Å². The Morgan fingerprint density at radius 2 is 2.29 bits per heavy atom. The summed E-state index contributed by atoms with van der Waals surface area (Å²) in [4.78, 5) is 3.92. The first kappa shape index (κ1) is 9.40. The lowest BCUT2D eigenvalue weighted by Crippen LogP contribution is -1.98. The first-order chi connectivity index (χ1) is 6.77. The lowest BCUT2D eigenvalue weighted by molar-refractivity contribution is 0.616. The fraction of sp³-hybridized carbons (Fsp3) is 0.100. The van der Waals surface area contributed by atoms with Gasteiger partial charge in [0, 0.05) is 18.9 Å². The fourth-order valence-electron chi connectivity index (χ4n) is 1.25. The third-order valence-corrected chi connectivity index (χ3v) is 2.83. The van der Waals surface area contributed by atoms with Gasteiger partial charge in [-0.15, -0.1) is 0 Å². The highest BCUT2D eigenvalue weighted by Gasteiger charge is 2.04. The molecule has 0 atom stereocenters. The van der Waals surface area contributed by atoms with E-state index in [0.717, 1.165) is 5.56 Å². The van der Waals surface area contributed by atoms with E-state index >= 15 is 0 Å². The highest BCUT2D eigenvalue weighted by Crippen LogP contribution is 2.20. The largest absolute Gasteiger partial charge is 0.333 e. The monoisotopic (exact) mass is 254 g/mol. The summed E-state index contributed by atoms with van der Waals surface area (Å²) in [6.45, 7) is 0.623. The van der Waals surface area contributed by atoms with E-state index in [9.17, 15) is 4.39 Å². The summed E-state index contributed by atoms with van der Waals surface area (Å²) in [5.74, 6) is -0.234. The van der Waals surface area contributed by atoms with Crippen molar-refractivity contribution in [1.29, 1.82) is 0 Å². The molecule has 0 spiro atoms. The Morgan fingerprint density at radius 3 is 3.00 bits per heavy atom. The maximum atomic E-state index is 13.1. The van der Waals surface area contributed by atoms with Gasteiger partial charge in [-0.3, -0.25) is 0 Å². The van der Waals surface area contributed by atoms with Crippen LogP contribution in [0, 0.1) is 5.82 Å². The lowest BCUT2D eigenvalue weighted by Gasteiger charge is -2.05. The van der Waals surface area contributed by atoms with E-state index in [1.807, 2.05) is 16.8 Å². The van der Waals surface area contributed by atoms with Crippen molar-refractivity contribution < 1.29 is 4.39 Å². The van der Waals surface area contributed by atoms with E-state index in [0.29, 0.717) is 11.0 Å². The Balaban J connectivity index is 2.29. The van der Waals surface area contributed by atoms with Crippen LogP contribution in [0.1, 0.15) is 5.56 Å². The zero-order chi connectivity index (χ0) is 9.97. The number of rotatable bonds is 2. The molecule has 0 N–H and O–H groups in total. The Morgan fingerprint density at radius 1 is 1.43 bits per heavy atom. The summed E-state index contributed by atoms with van der Waals surface area (Å²) in [5, 5.41) is 0. The van der Waals surface area contributed by atoms with Crippen LogP contribution in [0.2, 0.25) is 0 Å². The van der Waals surface area contributed by atoms with Gasteiger partial charge in [-0.25, -0.2) is 9.37 Å². The fourth-order valence-corrected chi connectivity index (χ4v) is 1.64. The van der Waals surface area contributed by atoms with E-state index in [1.165, 1.54) is 6.07 Å². The molecule has 0 bridgehead atoms. The molecule has 0 saturated heterocycles. The van der Waals surface area contributed by atoms with Crippen molar-refractivity contribution in [2.45, 2.75) is 6.54 Å². The molecule has 0 amide bonds.